The van der Waals surface area contributed by atoms with Crippen LogP contribution in [-0.2, 0) is 5.75 Å². The van der Waals surface area contributed by atoms with Crippen LogP contribution in [0.15, 0.2) is 48.5 Å². The van der Waals surface area contributed by atoms with E-state index in [2.05, 4.69) is 0 Å². The third-order valence-corrected chi connectivity index (χ3v) is 3.77. The largest absolute Gasteiger partial charge is 0.496 e. The van der Waals surface area contributed by atoms with E-state index in [0.29, 0.717) is 11.1 Å². The molecule has 0 spiro atoms. The summed E-state index contributed by atoms with van der Waals surface area (Å²) in [5.41, 5.74) is -3.47. The normalized spacial score (nSPS) is 11.3. The van der Waals surface area contributed by atoms with Crippen LogP contribution in [0.5, 0.6) is 5.75 Å². The number of rotatable bonds is 5. The van der Waals surface area contributed by atoms with Crippen LogP contribution in [0.3, 0.4) is 0 Å². The second kappa shape index (κ2) is 6.87. The second-order valence-electron chi connectivity index (χ2n) is 4.42. The van der Waals surface area contributed by atoms with Crippen molar-refractivity contribution < 1.29 is 22.7 Å². The number of ether oxygens (including phenoxy) is 1. The minimum Gasteiger partial charge on any atom is -0.496 e. The summed E-state index contributed by atoms with van der Waals surface area (Å²) in [6.45, 7) is 0. The van der Waals surface area contributed by atoms with Crippen LogP contribution in [0.25, 0.3) is 0 Å². The average molecular weight is 326 g/mol. The fraction of sp³-hybridized carbons (Fsp3) is 0.188. The van der Waals surface area contributed by atoms with E-state index in [1.165, 1.54) is 13.2 Å². The molecule has 0 aliphatic carbocycles. The number of benzene rings is 2. The lowest BCUT2D eigenvalue weighted by Crippen LogP contribution is -2.09. The molecule has 6 heteroatoms. The Morgan fingerprint density at radius 1 is 1.09 bits per heavy atom. The summed E-state index contributed by atoms with van der Waals surface area (Å²) in [6, 6.07) is 13.1. The number of hydrogen-bond donors (Lipinski definition) is 0. The van der Waals surface area contributed by atoms with Crippen LogP contribution in [0.2, 0.25) is 0 Å². The van der Waals surface area contributed by atoms with Gasteiger partial charge in [0.1, 0.15) is 5.75 Å². The standard InChI is InChI=1S/C16H13F3O2S/c1-21-13-9-5-8-12(10-22-16(17,18)19)14(13)15(20)11-6-3-2-4-7-11/h2-9H,10H2,1H3. The Morgan fingerprint density at radius 2 is 1.77 bits per heavy atom. The number of ketones is 1. The van der Waals surface area contributed by atoms with E-state index in [4.69, 9.17) is 4.74 Å². The fourth-order valence-corrected chi connectivity index (χ4v) is 2.58. The lowest BCUT2D eigenvalue weighted by molar-refractivity contribution is -0.0329. The fourth-order valence-electron chi connectivity index (χ4n) is 2.02. The van der Waals surface area contributed by atoms with Crippen molar-refractivity contribution in [1.29, 1.82) is 0 Å². The van der Waals surface area contributed by atoms with Gasteiger partial charge < -0.3 is 4.74 Å². The minimum atomic E-state index is -4.35. The van der Waals surface area contributed by atoms with E-state index in [0.717, 1.165) is 0 Å². The number of halogens is 3. The molecule has 0 amide bonds. The first kappa shape index (κ1) is 16.4. The van der Waals surface area contributed by atoms with E-state index < -0.39 is 5.51 Å². The first-order valence-corrected chi connectivity index (χ1v) is 7.37. The highest BCUT2D eigenvalue weighted by molar-refractivity contribution is 7.99. The van der Waals surface area contributed by atoms with E-state index in [1.54, 1.807) is 42.5 Å². The number of methoxy groups -OCH3 is 1. The minimum absolute atomic E-state index is 0.174. The maximum Gasteiger partial charge on any atom is 0.442 e. The Balaban J connectivity index is 2.41. The van der Waals surface area contributed by atoms with E-state index in [1.807, 2.05) is 0 Å². The molecule has 0 radical (unpaired) electrons. The van der Waals surface area contributed by atoms with Crippen molar-refractivity contribution in [2.45, 2.75) is 11.3 Å². The molecule has 2 aromatic rings. The number of alkyl halides is 3. The van der Waals surface area contributed by atoms with Gasteiger partial charge in [-0.1, -0.05) is 42.5 Å². The van der Waals surface area contributed by atoms with Gasteiger partial charge in [0, 0.05) is 11.3 Å². The zero-order valence-electron chi connectivity index (χ0n) is 11.7. The zero-order chi connectivity index (χ0) is 16.2. The molecule has 0 aromatic heterocycles. The Morgan fingerprint density at radius 3 is 2.36 bits per heavy atom. The molecule has 0 saturated heterocycles. The monoisotopic (exact) mass is 326 g/mol. The summed E-state index contributed by atoms with van der Waals surface area (Å²) in [6.07, 6.45) is 0. The molecular weight excluding hydrogens is 313 g/mol. The molecule has 0 N–H and O–H groups in total. The molecule has 116 valence electrons. The summed E-state index contributed by atoms with van der Waals surface area (Å²) >= 11 is -0.175. The first-order valence-electron chi connectivity index (χ1n) is 6.38. The highest BCUT2D eigenvalue weighted by Crippen LogP contribution is 2.35. The molecular formula is C16H13F3O2S. The lowest BCUT2D eigenvalue weighted by Gasteiger charge is -2.14. The van der Waals surface area contributed by atoms with Crippen molar-refractivity contribution in [1.82, 2.24) is 0 Å². The highest BCUT2D eigenvalue weighted by Gasteiger charge is 2.29. The van der Waals surface area contributed by atoms with Gasteiger partial charge in [-0.15, -0.1) is 0 Å². The molecule has 2 nitrogen and oxygen atoms in total. The molecule has 0 unspecified atom stereocenters. The number of thioether (sulfide) groups is 1. The van der Waals surface area contributed by atoms with Crippen LogP contribution in [0.4, 0.5) is 13.2 Å². The molecule has 22 heavy (non-hydrogen) atoms. The van der Waals surface area contributed by atoms with Gasteiger partial charge in [-0.3, -0.25) is 4.79 Å². The second-order valence-corrected chi connectivity index (χ2v) is 5.46. The SMILES string of the molecule is COc1cccc(CSC(F)(F)F)c1C(=O)c1ccccc1. The first-order chi connectivity index (χ1) is 10.4. The molecule has 0 bridgehead atoms. The average Bonchev–Trinajstić information content (AvgIpc) is 2.52. The molecule has 0 atom stereocenters. The molecule has 2 aromatic carbocycles. The number of carbonyl (C=O) groups is 1. The molecule has 0 aliphatic rings. The molecule has 0 saturated carbocycles. The Hall–Kier alpha value is -1.95. The number of carbonyl (C=O) groups excluding carboxylic acids is 1. The smallest absolute Gasteiger partial charge is 0.442 e. The van der Waals surface area contributed by atoms with Gasteiger partial charge in [-0.25, -0.2) is 0 Å². The highest BCUT2D eigenvalue weighted by atomic mass is 32.2. The third-order valence-electron chi connectivity index (χ3n) is 2.99. The summed E-state index contributed by atoms with van der Waals surface area (Å²) in [5, 5.41) is 0. The Bertz CT molecular complexity index is 654. The Labute approximate surface area is 130 Å². The van der Waals surface area contributed by atoms with Gasteiger partial charge in [0.05, 0.1) is 12.7 Å². The van der Waals surface area contributed by atoms with Crippen molar-refractivity contribution in [3.8, 4) is 5.75 Å². The third kappa shape index (κ3) is 4.04. The van der Waals surface area contributed by atoms with E-state index in [9.17, 15) is 18.0 Å². The van der Waals surface area contributed by atoms with Gasteiger partial charge in [-0.05, 0) is 23.4 Å². The van der Waals surface area contributed by atoms with Gasteiger partial charge in [-0.2, -0.15) is 13.2 Å². The van der Waals surface area contributed by atoms with Crippen molar-refractivity contribution in [3.05, 3.63) is 65.2 Å². The van der Waals surface area contributed by atoms with Crippen LogP contribution in [0, 0.1) is 0 Å². The summed E-state index contributed by atoms with van der Waals surface area (Å²) in [4.78, 5) is 12.6. The van der Waals surface area contributed by atoms with Gasteiger partial charge in [0.25, 0.3) is 0 Å². The van der Waals surface area contributed by atoms with Gasteiger partial charge in [0.2, 0.25) is 0 Å². The quantitative estimate of drug-likeness (QED) is 0.746. The topological polar surface area (TPSA) is 26.3 Å². The van der Waals surface area contributed by atoms with E-state index >= 15 is 0 Å². The summed E-state index contributed by atoms with van der Waals surface area (Å²) in [7, 11) is 1.39. The summed E-state index contributed by atoms with van der Waals surface area (Å²) < 4.78 is 42.4. The van der Waals surface area contributed by atoms with E-state index in [-0.39, 0.29) is 34.6 Å². The van der Waals surface area contributed by atoms with Crippen LogP contribution in [0.1, 0.15) is 21.5 Å². The molecule has 0 fully saturated rings. The van der Waals surface area contributed by atoms with Crippen molar-refractivity contribution in [3.63, 3.8) is 0 Å². The van der Waals surface area contributed by atoms with Crippen molar-refractivity contribution in [2.75, 3.05) is 7.11 Å². The zero-order valence-corrected chi connectivity index (χ0v) is 12.5. The Kier molecular flexibility index (Phi) is 5.13. The predicted octanol–water partition coefficient (Wildman–Crippen LogP) is 4.68. The van der Waals surface area contributed by atoms with Crippen molar-refractivity contribution >= 4 is 17.5 Å². The maximum atomic E-state index is 12.6. The predicted molar refractivity (Wildman–Crippen MR) is 80.2 cm³/mol. The van der Waals surface area contributed by atoms with Crippen molar-refractivity contribution in [2.24, 2.45) is 0 Å². The van der Waals surface area contributed by atoms with Crippen LogP contribution >= 0.6 is 11.8 Å². The lowest BCUT2D eigenvalue weighted by atomic mass is 9.98. The molecule has 0 aliphatic heterocycles. The molecule has 0 heterocycles. The van der Waals surface area contributed by atoms with Crippen LogP contribution in [-0.4, -0.2) is 18.4 Å². The van der Waals surface area contributed by atoms with Gasteiger partial charge in [0.15, 0.2) is 5.78 Å². The van der Waals surface area contributed by atoms with Gasteiger partial charge >= 0.3 is 5.51 Å². The molecule has 2 rings (SSSR count). The maximum absolute atomic E-state index is 12.6. The van der Waals surface area contributed by atoms with Crippen LogP contribution < -0.4 is 4.74 Å². The number of hydrogen-bond acceptors (Lipinski definition) is 3. The summed E-state index contributed by atoms with van der Waals surface area (Å²) in [5.74, 6) is -0.417.